The van der Waals surface area contributed by atoms with E-state index in [4.69, 9.17) is 4.74 Å². The Morgan fingerprint density at radius 2 is 1.77 bits per heavy atom. The Bertz CT molecular complexity index is 819. The summed E-state index contributed by atoms with van der Waals surface area (Å²) in [4.78, 5) is 24.1. The van der Waals surface area contributed by atoms with Gasteiger partial charge in [0.1, 0.15) is 18.1 Å². The van der Waals surface area contributed by atoms with Gasteiger partial charge < -0.3 is 9.84 Å². The molecule has 1 atom stereocenters. The summed E-state index contributed by atoms with van der Waals surface area (Å²) in [5, 5.41) is 10.2. The van der Waals surface area contributed by atoms with Crippen molar-refractivity contribution in [3.63, 3.8) is 0 Å². The lowest BCUT2D eigenvalue weighted by atomic mass is 9.81. The number of carbonyl (C=O) groups is 2. The molecule has 1 aliphatic rings. The van der Waals surface area contributed by atoms with Gasteiger partial charge in [-0.2, -0.15) is 0 Å². The van der Waals surface area contributed by atoms with Crippen molar-refractivity contribution in [2.75, 3.05) is 0 Å². The van der Waals surface area contributed by atoms with E-state index in [-0.39, 0.29) is 41.7 Å². The molecule has 0 radical (unpaired) electrons. The lowest BCUT2D eigenvalue weighted by molar-refractivity contribution is -0.122. The zero-order chi connectivity index (χ0) is 18.5. The second kappa shape index (κ2) is 8.00. The number of benzene rings is 2. The van der Waals surface area contributed by atoms with Crippen LogP contribution in [-0.2, 0) is 16.2 Å². The van der Waals surface area contributed by atoms with E-state index >= 15 is 0 Å². The van der Waals surface area contributed by atoms with Crippen LogP contribution in [0.5, 0.6) is 5.75 Å². The summed E-state index contributed by atoms with van der Waals surface area (Å²) in [6.45, 7) is 2.18. The first kappa shape index (κ1) is 17.9. The molecule has 4 nitrogen and oxygen atoms in total. The molecule has 0 spiro atoms. The van der Waals surface area contributed by atoms with Crippen molar-refractivity contribution in [2.24, 2.45) is 0 Å². The second-order valence-corrected chi connectivity index (χ2v) is 6.47. The lowest BCUT2D eigenvalue weighted by Crippen LogP contribution is -2.23. The molecule has 0 saturated heterocycles. The number of hydrogen-bond acceptors (Lipinski definition) is 4. The van der Waals surface area contributed by atoms with Gasteiger partial charge in [-0.25, -0.2) is 0 Å². The van der Waals surface area contributed by atoms with Crippen molar-refractivity contribution in [2.45, 2.75) is 38.7 Å². The zero-order valence-corrected chi connectivity index (χ0v) is 14.8. The molecule has 1 aliphatic carbocycles. The number of hydrogen-bond donors (Lipinski definition) is 1. The van der Waals surface area contributed by atoms with Crippen molar-refractivity contribution in [3.05, 3.63) is 77.1 Å². The summed E-state index contributed by atoms with van der Waals surface area (Å²) in [6, 6.07) is 17.5. The average Bonchev–Trinajstić information content (AvgIpc) is 2.67. The molecule has 0 bridgehead atoms. The highest BCUT2D eigenvalue weighted by molar-refractivity contribution is 6.21. The topological polar surface area (TPSA) is 63.6 Å². The van der Waals surface area contributed by atoms with Gasteiger partial charge in [0.2, 0.25) is 0 Å². The minimum absolute atomic E-state index is 0.00781. The van der Waals surface area contributed by atoms with E-state index in [9.17, 15) is 14.7 Å². The molecular formula is C22H22O4. The first-order valence-electron chi connectivity index (χ1n) is 8.83. The van der Waals surface area contributed by atoms with Gasteiger partial charge in [-0.3, -0.25) is 9.59 Å². The summed E-state index contributed by atoms with van der Waals surface area (Å²) in [5.41, 5.74) is 2.05. The van der Waals surface area contributed by atoms with Crippen LogP contribution >= 0.6 is 0 Å². The van der Waals surface area contributed by atoms with Crippen molar-refractivity contribution in [1.82, 2.24) is 0 Å². The van der Waals surface area contributed by atoms with Crippen molar-refractivity contribution in [3.8, 4) is 5.75 Å². The number of aliphatic hydroxyl groups excluding tert-OH is 1. The summed E-state index contributed by atoms with van der Waals surface area (Å²) in [7, 11) is 0. The Balaban J connectivity index is 1.67. The van der Waals surface area contributed by atoms with E-state index in [1.165, 1.54) is 0 Å². The number of allylic oxidation sites excluding steroid dienone is 2. The molecule has 0 aromatic heterocycles. The SMILES string of the molecule is CCC(=O)C1=C(O)CC(c2ccc(OCc3ccccc3)cc2)CC1=O. The summed E-state index contributed by atoms with van der Waals surface area (Å²) >= 11 is 0. The summed E-state index contributed by atoms with van der Waals surface area (Å²) < 4.78 is 5.77. The van der Waals surface area contributed by atoms with Crippen LogP contribution in [0, 0.1) is 0 Å². The lowest BCUT2D eigenvalue weighted by Gasteiger charge is -2.23. The van der Waals surface area contributed by atoms with Crippen LogP contribution in [-0.4, -0.2) is 16.7 Å². The molecule has 26 heavy (non-hydrogen) atoms. The van der Waals surface area contributed by atoms with Crippen LogP contribution in [0.25, 0.3) is 0 Å². The molecule has 4 heteroatoms. The normalized spacial score (nSPS) is 17.3. The Morgan fingerprint density at radius 3 is 2.38 bits per heavy atom. The molecule has 0 aliphatic heterocycles. The molecule has 0 fully saturated rings. The predicted molar refractivity (Wildman–Crippen MR) is 99.2 cm³/mol. The van der Waals surface area contributed by atoms with E-state index in [0.717, 1.165) is 16.9 Å². The van der Waals surface area contributed by atoms with Crippen molar-refractivity contribution < 1.29 is 19.4 Å². The maximum Gasteiger partial charge on any atom is 0.170 e. The fourth-order valence-corrected chi connectivity index (χ4v) is 3.20. The monoisotopic (exact) mass is 350 g/mol. The van der Waals surface area contributed by atoms with Gasteiger partial charge in [0.15, 0.2) is 11.6 Å². The number of ketones is 2. The molecule has 0 saturated carbocycles. The predicted octanol–water partition coefficient (Wildman–Crippen LogP) is 4.50. The van der Waals surface area contributed by atoms with Crippen LogP contribution in [0.3, 0.4) is 0 Å². The fourth-order valence-electron chi connectivity index (χ4n) is 3.20. The van der Waals surface area contributed by atoms with E-state index in [2.05, 4.69) is 0 Å². The van der Waals surface area contributed by atoms with Crippen molar-refractivity contribution in [1.29, 1.82) is 0 Å². The van der Waals surface area contributed by atoms with Crippen LogP contribution in [0.2, 0.25) is 0 Å². The number of ether oxygens (including phenoxy) is 1. The molecule has 0 heterocycles. The third-order valence-electron chi connectivity index (χ3n) is 4.64. The minimum atomic E-state index is -0.282. The highest BCUT2D eigenvalue weighted by Gasteiger charge is 2.31. The Morgan fingerprint density at radius 1 is 1.08 bits per heavy atom. The second-order valence-electron chi connectivity index (χ2n) is 6.47. The molecule has 1 unspecified atom stereocenters. The van der Waals surface area contributed by atoms with Gasteiger partial charge in [0.25, 0.3) is 0 Å². The molecule has 3 rings (SSSR count). The Kier molecular flexibility index (Phi) is 5.52. The highest BCUT2D eigenvalue weighted by atomic mass is 16.5. The largest absolute Gasteiger partial charge is 0.511 e. The van der Waals surface area contributed by atoms with Gasteiger partial charge in [-0.05, 0) is 29.2 Å². The third kappa shape index (κ3) is 4.02. The first-order chi connectivity index (χ1) is 12.6. The molecule has 2 aromatic carbocycles. The Labute approximate surface area is 153 Å². The van der Waals surface area contributed by atoms with Gasteiger partial charge in [-0.1, -0.05) is 49.4 Å². The van der Waals surface area contributed by atoms with E-state index < -0.39 is 0 Å². The van der Waals surface area contributed by atoms with Gasteiger partial charge in [-0.15, -0.1) is 0 Å². The summed E-state index contributed by atoms with van der Waals surface area (Å²) in [5.74, 6) is 0.00792. The standard InChI is InChI=1S/C22H22O4/c1-2-19(23)22-20(24)12-17(13-21(22)25)16-8-10-18(11-9-16)26-14-15-6-4-3-5-7-15/h3-11,17,24H,2,12-14H2,1H3. The molecule has 134 valence electrons. The van der Waals surface area contributed by atoms with Crippen molar-refractivity contribution >= 4 is 11.6 Å². The number of carbonyl (C=O) groups excluding carboxylic acids is 2. The number of aliphatic hydroxyl groups is 1. The van der Waals surface area contributed by atoms with Crippen LogP contribution in [0.4, 0.5) is 0 Å². The average molecular weight is 350 g/mol. The third-order valence-corrected chi connectivity index (χ3v) is 4.64. The molecule has 1 N–H and O–H groups in total. The number of Topliss-reactive ketones (excluding diaryl/α,β-unsaturated/α-hetero) is 2. The highest BCUT2D eigenvalue weighted by Crippen LogP contribution is 2.34. The maximum absolute atomic E-state index is 12.3. The summed E-state index contributed by atoms with van der Waals surface area (Å²) in [6.07, 6.45) is 0.787. The van der Waals surface area contributed by atoms with Gasteiger partial charge in [0.05, 0.1) is 5.57 Å². The molecule has 2 aromatic rings. The van der Waals surface area contributed by atoms with Gasteiger partial charge in [0, 0.05) is 19.3 Å². The van der Waals surface area contributed by atoms with Crippen LogP contribution < -0.4 is 4.74 Å². The first-order valence-corrected chi connectivity index (χ1v) is 8.83. The van der Waals surface area contributed by atoms with Gasteiger partial charge >= 0.3 is 0 Å². The number of rotatable bonds is 6. The fraction of sp³-hybridized carbons (Fsp3) is 0.273. The van der Waals surface area contributed by atoms with E-state index in [0.29, 0.717) is 13.0 Å². The molecule has 0 amide bonds. The van der Waals surface area contributed by atoms with E-state index in [1.807, 2.05) is 54.6 Å². The van der Waals surface area contributed by atoms with E-state index in [1.54, 1.807) is 6.92 Å². The maximum atomic E-state index is 12.3. The van der Waals surface area contributed by atoms with Crippen LogP contribution in [0.15, 0.2) is 65.9 Å². The molecular weight excluding hydrogens is 328 g/mol. The smallest absolute Gasteiger partial charge is 0.170 e. The quantitative estimate of drug-likeness (QED) is 0.779. The van der Waals surface area contributed by atoms with Crippen LogP contribution in [0.1, 0.15) is 43.2 Å². The Hall–Kier alpha value is -2.88. The minimum Gasteiger partial charge on any atom is -0.511 e. The zero-order valence-electron chi connectivity index (χ0n) is 14.8.